The first-order valence-electron chi connectivity index (χ1n) is 8.81. The van der Waals surface area contributed by atoms with E-state index in [0.29, 0.717) is 37.6 Å². The minimum Gasteiger partial charge on any atom is -0.484 e. The summed E-state index contributed by atoms with van der Waals surface area (Å²) < 4.78 is 33.2. The van der Waals surface area contributed by atoms with Crippen LogP contribution in [0.15, 0.2) is 57.9 Å². The number of ether oxygens (including phenoxy) is 1. The molecule has 0 aliphatic carbocycles. The Morgan fingerprint density at radius 3 is 2.43 bits per heavy atom. The molecule has 0 bridgehead atoms. The summed E-state index contributed by atoms with van der Waals surface area (Å²) in [6.07, 6.45) is 0. The SMILES string of the molecule is CN1CCN(S(=O)(=O)c2ccc(NC(=O)COc3cccc(Br)c3)cc2)CC1. The van der Waals surface area contributed by atoms with Crippen LogP contribution in [0.1, 0.15) is 0 Å². The molecule has 28 heavy (non-hydrogen) atoms. The van der Waals surface area contributed by atoms with E-state index >= 15 is 0 Å². The number of piperazine rings is 1. The van der Waals surface area contributed by atoms with Crippen LogP contribution in [0.25, 0.3) is 0 Å². The van der Waals surface area contributed by atoms with Gasteiger partial charge in [-0.3, -0.25) is 4.79 Å². The quantitative estimate of drug-likeness (QED) is 0.705. The Morgan fingerprint density at radius 1 is 1.11 bits per heavy atom. The predicted molar refractivity (Wildman–Crippen MR) is 111 cm³/mol. The van der Waals surface area contributed by atoms with E-state index in [1.165, 1.54) is 16.4 Å². The van der Waals surface area contributed by atoms with Crippen LogP contribution in [0.4, 0.5) is 5.69 Å². The third kappa shape index (κ3) is 5.32. The van der Waals surface area contributed by atoms with E-state index in [9.17, 15) is 13.2 Å². The molecule has 1 fully saturated rings. The standard InChI is InChI=1S/C19H22BrN3O4S/c1-22-9-11-23(12-10-22)28(25,26)18-7-5-16(6-8-18)21-19(24)14-27-17-4-2-3-15(20)13-17/h2-8,13H,9-12,14H2,1H3,(H,21,24). The number of rotatable bonds is 6. The third-order valence-corrected chi connectivity index (χ3v) is 6.81. The van der Waals surface area contributed by atoms with Crippen LogP contribution in [-0.4, -0.2) is 63.4 Å². The molecule has 0 saturated carbocycles. The smallest absolute Gasteiger partial charge is 0.262 e. The summed E-state index contributed by atoms with van der Waals surface area (Å²) >= 11 is 3.34. The van der Waals surface area contributed by atoms with Gasteiger partial charge in [0.15, 0.2) is 6.61 Å². The Morgan fingerprint density at radius 2 is 1.79 bits per heavy atom. The number of carbonyl (C=O) groups is 1. The van der Waals surface area contributed by atoms with Crippen molar-refractivity contribution in [2.45, 2.75) is 4.90 Å². The molecule has 1 N–H and O–H groups in total. The van der Waals surface area contributed by atoms with Crippen LogP contribution in [-0.2, 0) is 14.8 Å². The Kier molecular flexibility index (Phi) is 6.71. The van der Waals surface area contributed by atoms with Gasteiger partial charge in [-0.05, 0) is 49.5 Å². The normalized spacial score (nSPS) is 15.9. The van der Waals surface area contributed by atoms with Crippen molar-refractivity contribution in [3.8, 4) is 5.75 Å². The van der Waals surface area contributed by atoms with Crippen molar-refractivity contribution in [1.82, 2.24) is 9.21 Å². The van der Waals surface area contributed by atoms with Gasteiger partial charge in [0.2, 0.25) is 10.0 Å². The summed E-state index contributed by atoms with van der Waals surface area (Å²) in [6, 6.07) is 13.4. The molecule has 0 radical (unpaired) electrons. The molecule has 1 heterocycles. The molecular formula is C19H22BrN3O4S. The van der Waals surface area contributed by atoms with Crippen LogP contribution in [0.5, 0.6) is 5.75 Å². The minimum absolute atomic E-state index is 0.141. The van der Waals surface area contributed by atoms with E-state index in [0.717, 1.165) is 4.47 Å². The van der Waals surface area contributed by atoms with E-state index in [1.54, 1.807) is 24.3 Å². The molecule has 1 aliphatic rings. The maximum Gasteiger partial charge on any atom is 0.262 e. The Balaban J connectivity index is 1.57. The summed E-state index contributed by atoms with van der Waals surface area (Å²) in [5.74, 6) is 0.257. The third-order valence-electron chi connectivity index (χ3n) is 4.40. The van der Waals surface area contributed by atoms with E-state index in [1.807, 2.05) is 19.2 Å². The molecule has 2 aromatic carbocycles. The molecule has 3 rings (SSSR count). The second kappa shape index (κ2) is 9.04. The Labute approximate surface area is 173 Å². The van der Waals surface area contributed by atoms with Crippen molar-refractivity contribution in [2.24, 2.45) is 0 Å². The van der Waals surface area contributed by atoms with Gasteiger partial charge in [-0.2, -0.15) is 4.31 Å². The maximum atomic E-state index is 12.7. The van der Waals surface area contributed by atoms with E-state index in [-0.39, 0.29) is 17.4 Å². The Hall–Kier alpha value is -1.94. The van der Waals surface area contributed by atoms with Gasteiger partial charge in [-0.15, -0.1) is 0 Å². The molecule has 1 saturated heterocycles. The zero-order chi connectivity index (χ0) is 20.1. The second-order valence-electron chi connectivity index (χ2n) is 6.53. The number of carbonyl (C=O) groups excluding carboxylic acids is 1. The summed E-state index contributed by atoms with van der Waals surface area (Å²) in [5, 5.41) is 2.70. The van der Waals surface area contributed by atoms with Gasteiger partial charge < -0.3 is 15.0 Å². The van der Waals surface area contributed by atoms with E-state index in [4.69, 9.17) is 4.74 Å². The Bertz CT molecular complexity index is 926. The van der Waals surface area contributed by atoms with Crippen LogP contribution >= 0.6 is 15.9 Å². The first kappa shape index (κ1) is 20.8. The zero-order valence-electron chi connectivity index (χ0n) is 15.5. The highest BCUT2D eigenvalue weighted by Crippen LogP contribution is 2.20. The van der Waals surface area contributed by atoms with E-state index < -0.39 is 10.0 Å². The molecule has 0 spiro atoms. The molecule has 0 unspecified atom stereocenters. The van der Waals surface area contributed by atoms with Crippen LogP contribution in [0.3, 0.4) is 0 Å². The van der Waals surface area contributed by atoms with Gasteiger partial charge in [0.05, 0.1) is 4.90 Å². The molecule has 1 aliphatic heterocycles. The fourth-order valence-corrected chi connectivity index (χ4v) is 4.59. The average molecular weight is 468 g/mol. The second-order valence-corrected chi connectivity index (χ2v) is 9.38. The first-order valence-corrected chi connectivity index (χ1v) is 11.0. The summed E-state index contributed by atoms with van der Waals surface area (Å²) in [7, 11) is -1.54. The minimum atomic E-state index is -3.52. The fraction of sp³-hybridized carbons (Fsp3) is 0.316. The highest BCUT2D eigenvalue weighted by molar-refractivity contribution is 9.10. The number of nitrogens with zero attached hydrogens (tertiary/aromatic N) is 2. The lowest BCUT2D eigenvalue weighted by molar-refractivity contribution is -0.118. The predicted octanol–water partition coefficient (Wildman–Crippen LogP) is 2.40. The maximum absolute atomic E-state index is 12.7. The van der Waals surface area contributed by atoms with Crippen LogP contribution < -0.4 is 10.1 Å². The van der Waals surface area contributed by atoms with Gasteiger partial charge in [0.25, 0.3) is 5.91 Å². The summed E-state index contributed by atoms with van der Waals surface area (Å²) in [5.41, 5.74) is 0.514. The van der Waals surface area contributed by atoms with Gasteiger partial charge >= 0.3 is 0 Å². The molecule has 7 nitrogen and oxygen atoms in total. The van der Waals surface area contributed by atoms with Crippen molar-refractivity contribution in [2.75, 3.05) is 45.2 Å². The topological polar surface area (TPSA) is 79.0 Å². The molecule has 2 aromatic rings. The molecular weight excluding hydrogens is 446 g/mol. The van der Waals surface area contributed by atoms with Crippen LogP contribution in [0, 0.1) is 0 Å². The zero-order valence-corrected chi connectivity index (χ0v) is 17.9. The average Bonchev–Trinajstić information content (AvgIpc) is 2.67. The number of benzene rings is 2. The number of hydrogen-bond donors (Lipinski definition) is 1. The number of sulfonamides is 1. The molecule has 0 aromatic heterocycles. The number of halogens is 1. The number of amides is 1. The van der Waals surface area contributed by atoms with Crippen molar-refractivity contribution in [3.05, 3.63) is 53.0 Å². The highest BCUT2D eigenvalue weighted by Gasteiger charge is 2.27. The fourth-order valence-electron chi connectivity index (χ4n) is 2.79. The number of anilines is 1. The number of likely N-dealkylation sites (N-methyl/N-ethyl adjacent to an activating group) is 1. The van der Waals surface area contributed by atoms with Gasteiger partial charge in [0, 0.05) is 36.3 Å². The lowest BCUT2D eigenvalue weighted by Gasteiger charge is -2.31. The van der Waals surface area contributed by atoms with Crippen molar-refractivity contribution in [1.29, 1.82) is 0 Å². The van der Waals surface area contributed by atoms with Crippen molar-refractivity contribution >= 4 is 37.5 Å². The summed E-state index contributed by atoms with van der Waals surface area (Å²) in [4.78, 5) is 14.4. The lowest BCUT2D eigenvalue weighted by Crippen LogP contribution is -2.46. The first-order chi connectivity index (χ1) is 13.3. The van der Waals surface area contributed by atoms with Crippen molar-refractivity contribution in [3.63, 3.8) is 0 Å². The monoisotopic (exact) mass is 467 g/mol. The molecule has 1 amide bonds. The van der Waals surface area contributed by atoms with Gasteiger partial charge in [-0.25, -0.2) is 8.42 Å². The van der Waals surface area contributed by atoms with Gasteiger partial charge in [-0.1, -0.05) is 22.0 Å². The van der Waals surface area contributed by atoms with Crippen molar-refractivity contribution < 1.29 is 17.9 Å². The molecule has 150 valence electrons. The molecule has 0 atom stereocenters. The largest absolute Gasteiger partial charge is 0.484 e. The number of nitrogens with one attached hydrogen (secondary N) is 1. The highest BCUT2D eigenvalue weighted by atomic mass is 79.9. The van der Waals surface area contributed by atoms with Crippen LogP contribution in [0.2, 0.25) is 0 Å². The lowest BCUT2D eigenvalue weighted by atomic mass is 10.3. The molecule has 9 heteroatoms. The van der Waals surface area contributed by atoms with Gasteiger partial charge in [0.1, 0.15) is 5.75 Å². The van der Waals surface area contributed by atoms with E-state index in [2.05, 4.69) is 26.1 Å². The number of hydrogen-bond acceptors (Lipinski definition) is 5. The summed E-state index contributed by atoms with van der Waals surface area (Å²) in [6.45, 7) is 2.24.